The molecule has 0 aliphatic rings. The third-order valence-corrected chi connectivity index (χ3v) is 1.52. The van der Waals surface area contributed by atoms with Gasteiger partial charge in [0.05, 0.1) is 0 Å². The summed E-state index contributed by atoms with van der Waals surface area (Å²) in [6.07, 6.45) is 0. The number of nitrogens with two attached hydrogens (primary N) is 1. The van der Waals surface area contributed by atoms with Crippen LogP contribution in [-0.2, 0) is 0 Å². The summed E-state index contributed by atoms with van der Waals surface area (Å²) in [5.41, 5.74) is 4.88. The molecule has 0 heterocycles. The normalized spacial score (nSPS) is 8.71. The summed E-state index contributed by atoms with van der Waals surface area (Å²) in [4.78, 5) is 10.3. The van der Waals surface area contributed by atoms with Crippen molar-refractivity contribution in [2.75, 3.05) is 12.3 Å². The first-order chi connectivity index (χ1) is 6.63. The summed E-state index contributed by atoms with van der Waals surface area (Å²) >= 11 is 3.80. The molecule has 0 saturated carbocycles. The Bertz CT molecular complexity index is 289. The summed E-state index contributed by atoms with van der Waals surface area (Å²) < 4.78 is 0. The zero-order valence-corrected chi connectivity index (χ0v) is 8.45. The van der Waals surface area contributed by atoms with Crippen molar-refractivity contribution in [2.24, 2.45) is 5.73 Å². The highest BCUT2D eigenvalue weighted by Crippen LogP contribution is 2.14. The highest BCUT2D eigenvalue weighted by molar-refractivity contribution is 7.80. The Morgan fingerprint density at radius 1 is 1.43 bits per heavy atom. The van der Waals surface area contributed by atoms with E-state index in [1.807, 2.05) is 0 Å². The van der Waals surface area contributed by atoms with Crippen molar-refractivity contribution in [1.29, 1.82) is 0 Å². The van der Waals surface area contributed by atoms with Gasteiger partial charge in [-0.3, -0.25) is 0 Å². The average Bonchev–Trinajstić information content (AvgIpc) is 2.18. The van der Waals surface area contributed by atoms with Crippen LogP contribution in [0, 0.1) is 0 Å². The SMILES string of the molecule is NCCS.O=C(O)c1ccccc1O. The van der Waals surface area contributed by atoms with Crippen molar-refractivity contribution in [3.05, 3.63) is 29.8 Å². The predicted octanol–water partition coefficient (Wildman–Crippen LogP) is 0.965. The first kappa shape index (κ1) is 12.8. The molecule has 0 spiro atoms. The Balaban J connectivity index is 0.000000364. The molecule has 78 valence electrons. The number of aromatic hydroxyl groups is 1. The Kier molecular flexibility index (Phi) is 6.61. The molecule has 0 saturated heterocycles. The van der Waals surface area contributed by atoms with Crippen LogP contribution < -0.4 is 5.73 Å². The fraction of sp³-hybridized carbons (Fsp3) is 0.222. The van der Waals surface area contributed by atoms with Crippen LogP contribution in [0.1, 0.15) is 10.4 Å². The van der Waals surface area contributed by atoms with E-state index in [9.17, 15) is 4.79 Å². The molecule has 4 N–H and O–H groups in total. The van der Waals surface area contributed by atoms with E-state index in [1.165, 1.54) is 12.1 Å². The van der Waals surface area contributed by atoms with E-state index < -0.39 is 5.97 Å². The van der Waals surface area contributed by atoms with Crippen molar-refractivity contribution in [3.8, 4) is 5.75 Å². The Hall–Kier alpha value is -1.20. The van der Waals surface area contributed by atoms with Crippen molar-refractivity contribution in [1.82, 2.24) is 0 Å². The molecular formula is C9H13NO3S. The number of carboxylic acid groups (broad SMARTS) is 1. The molecule has 0 radical (unpaired) electrons. The summed E-state index contributed by atoms with van der Waals surface area (Å²) in [7, 11) is 0. The molecule has 0 atom stereocenters. The van der Waals surface area contributed by atoms with Gasteiger partial charge in [0.15, 0.2) is 0 Å². The maximum atomic E-state index is 10.3. The number of benzene rings is 1. The largest absolute Gasteiger partial charge is 0.507 e. The van der Waals surface area contributed by atoms with E-state index in [4.69, 9.17) is 15.9 Å². The molecule has 0 aliphatic heterocycles. The zero-order valence-electron chi connectivity index (χ0n) is 7.55. The summed E-state index contributed by atoms with van der Waals surface area (Å²) in [6.45, 7) is 0.684. The maximum Gasteiger partial charge on any atom is 0.339 e. The fourth-order valence-corrected chi connectivity index (χ4v) is 0.654. The quantitative estimate of drug-likeness (QED) is 0.554. The molecule has 14 heavy (non-hydrogen) atoms. The van der Waals surface area contributed by atoms with Crippen LogP contribution in [0.3, 0.4) is 0 Å². The van der Waals surface area contributed by atoms with Gasteiger partial charge in [0, 0.05) is 12.3 Å². The number of thiol groups is 1. The van der Waals surface area contributed by atoms with Gasteiger partial charge in [-0.1, -0.05) is 12.1 Å². The minimum Gasteiger partial charge on any atom is -0.507 e. The molecule has 0 unspecified atom stereocenters. The van der Waals surface area contributed by atoms with E-state index in [-0.39, 0.29) is 11.3 Å². The topological polar surface area (TPSA) is 83.6 Å². The predicted molar refractivity (Wildman–Crippen MR) is 58.0 cm³/mol. The Morgan fingerprint density at radius 3 is 2.21 bits per heavy atom. The van der Waals surface area contributed by atoms with Crippen LogP contribution in [0.25, 0.3) is 0 Å². The van der Waals surface area contributed by atoms with Gasteiger partial charge in [-0.2, -0.15) is 12.6 Å². The number of carbonyl (C=O) groups is 1. The van der Waals surface area contributed by atoms with Gasteiger partial charge in [0.2, 0.25) is 0 Å². The van der Waals surface area contributed by atoms with Crippen LogP contribution in [-0.4, -0.2) is 28.5 Å². The summed E-state index contributed by atoms with van der Waals surface area (Å²) in [5.74, 6) is -0.520. The van der Waals surface area contributed by atoms with Gasteiger partial charge in [0.25, 0.3) is 0 Å². The third-order valence-electron chi connectivity index (χ3n) is 1.26. The minimum atomic E-state index is -1.11. The first-order valence-corrected chi connectivity index (χ1v) is 4.59. The van der Waals surface area contributed by atoms with Gasteiger partial charge in [-0.25, -0.2) is 4.79 Å². The second-order valence-electron chi connectivity index (χ2n) is 2.33. The van der Waals surface area contributed by atoms with Crippen molar-refractivity contribution in [2.45, 2.75) is 0 Å². The zero-order chi connectivity index (χ0) is 11.0. The lowest BCUT2D eigenvalue weighted by Gasteiger charge is -1.95. The maximum absolute atomic E-state index is 10.3. The van der Waals surface area contributed by atoms with E-state index >= 15 is 0 Å². The van der Waals surface area contributed by atoms with E-state index in [2.05, 4.69) is 12.6 Å². The molecule has 0 bridgehead atoms. The highest BCUT2D eigenvalue weighted by atomic mass is 32.1. The second kappa shape index (κ2) is 7.23. The molecule has 0 aliphatic carbocycles. The smallest absolute Gasteiger partial charge is 0.339 e. The van der Waals surface area contributed by atoms with Crippen LogP contribution in [0.2, 0.25) is 0 Å². The molecule has 4 nitrogen and oxygen atoms in total. The molecule has 1 aromatic carbocycles. The minimum absolute atomic E-state index is 0.0671. The van der Waals surface area contributed by atoms with Crippen LogP contribution in [0.15, 0.2) is 24.3 Å². The average molecular weight is 215 g/mol. The van der Waals surface area contributed by atoms with Crippen LogP contribution in [0.4, 0.5) is 0 Å². The van der Waals surface area contributed by atoms with Gasteiger partial charge in [-0.05, 0) is 12.1 Å². The number of carboxylic acids is 1. The van der Waals surface area contributed by atoms with Crippen molar-refractivity contribution in [3.63, 3.8) is 0 Å². The summed E-state index contributed by atoms with van der Waals surface area (Å²) in [6, 6.07) is 5.81. The van der Waals surface area contributed by atoms with Crippen molar-refractivity contribution < 1.29 is 15.0 Å². The number of phenols is 1. The molecule has 1 aromatic rings. The van der Waals surface area contributed by atoms with Crippen LogP contribution >= 0.6 is 12.6 Å². The first-order valence-electron chi connectivity index (χ1n) is 3.95. The molecule has 0 fully saturated rings. The van der Waals surface area contributed by atoms with E-state index in [0.29, 0.717) is 6.54 Å². The van der Waals surface area contributed by atoms with Gasteiger partial charge >= 0.3 is 5.97 Å². The highest BCUT2D eigenvalue weighted by Gasteiger charge is 2.05. The molecule has 0 aromatic heterocycles. The lowest BCUT2D eigenvalue weighted by atomic mass is 10.2. The Labute approximate surface area is 87.8 Å². The molecule has 0 amide bonds. The third kappa shape index (κ3) is 4.74. The number of rotatable bonds is 2. The lowest BCUT2D eigenvalue weighted by molar-refractivity contribution is 0.0694. The van der Waals surface area contributed by atoms with E-state index in [1.54, 1.807) is 12.1 Å². The Morgan fingerprint density at radius 2 is 1.93 bits per heavy atom. The standard InChI is InChI=1S/C7H6O3.C2H7NS/c8-6-4-2-1-3-5(6)7(9)10;3-1-2-4/h1-4,8H,(H,9,10);4H,1-3H2. The van der Waals surface area contributed by atoms with E-state index in [0.717, 1.165) is 5.75 Å². The molecular weight excluding hydrogens is 202 g/mol. The molecule has 1 rings (SSSR count). The van der Waals surface area contributed by atoms with Crippen LogP contribution in [0.5, 0.6) is 5.75 Å². The number of hydrogen-bond donors (Lipinski definition) is 4. The van der Waals surface area contributed by atoms with Gasteiger partial charge in [-0.15, -0.1) is 0 Å². The van der Waals surface area contributed by atoms with Crippen molar-refractivity contribution >= 4 is 18.6 Å². The van der Waals surface area contributed by atoms with Gasteiger partial charge < -0.3 is 15.9 Å². The number of hydrogen-bond acceptors (Lipinski definition) is 4. The molecule has 5 heteroatoms. The lowest BCUT2D eigenvalue weighted by Crippen LogP contribution is -1.97. The fourth-order valence-electron chi connectivity index (χ4n) is 0.654. The second-order valence-corrected chi connectivity index (χ2v) is 2.78. The monoisotopic (exact) mass is 215 g/mol. The number of aromatic carboxylic acids is 1. The van der Waals surface area contributed by atoms with Gasteiger partial charge in [0.1, 0.15) is 11.3 Å². The summed E-state index contributed by atoms with van der Waals surface area (Å²) in [5, 5.41) is 17.3. The number of para-hydroxylation sites is 1.